The van der Waals surface area contributed by atoms with Crippen molar-refractivity contribution in [3.63, 3.8) is 0 Å². The van der Waals surface area contributed by atoms with Crippen molar-refractivity contribution in [2.45, 2.75) is 58.3 Å². The van der Waals surface area contributed by atoms with Crippen LogP contribution in [0, 0.1) is 0 Å². The molecule has 1 unspecified atom stereocenters. The van der Waals surface area contributed by atoms with Crippen LogP contribution in [0.15, 0.2) is 24.3 Å². The van der Waals surface area contributed by atoms with Gasteiger partial charge in [0, 0.05) is 6.54 Å². The van der Waals surface area contributed by atoms with E-state index in [4.69, 9.17) is 24.5 Å². The van der Waals surface area contributed by atoms with Crippen molar-refractivity contribution < 1.29 is 24.5 Å². The fourth-order valence-electron chi connectivity index (χ4n) is 3.07. The van der Waals surface area contributed by atoms with E-state index in [9.17, 15) is 0 Å². The van der Waals surface area contributed by atoms with Gasteiger partial charge in [-0.2, -0.15) is 0 Å². The Morgan fingerprint density at radius 1 is 1.07 bits per heavy atom. The molecule has 1 saturated heterocycles. The first-order chi connectivity index (χ1) is 13.0. The minimum Gasteiger partial charge on any atom is -0.493 e. The van der Waals surface area contributed by atoms with Crippen LogP contribution in [-0.4, -0.2) is 53.3 Å². The highest BCUT2D eigenvalue weighted by Gasteiger charge is 2.11. The molecule has 2 N–H and O–H groups in total. The Morgan fingerprint density at radius 3 is 2.22 bits per heavy atom. The molecule has 27 heavy (non-hydrogen) atoms. The number of carbonyl (C=O) groups is 2. The average molecular weight is 379 g/mol. The van der Waals surface area contributed by atoms with Gasteiger partial charge in [-0.05, 0) is 56.3 Å². The standard InChI is InChI=1S/C19H31NO.C2H2O4/c1-3-17(2)18-11-6-7-12-19(18)21-16-10-15-20-13-8-4-5-9-14-20;3-1(4)2(5)6/h6-7,11-12,17H,3-5,8-10,13-16H2,1-2H3;(H,3,4)(H,5,6). The lowest BCUT2D eigenvalue weighted by Crippen LogP contribution is -2.26. The molecule has 1 aromatic carbocycles. The molecule has 6 heteroatoms. The quantitative estimate of drug-likeness (QED) is 0.550. The van der Waals surface area contributed by atoms with Crippen molar-refractivity contribution in [2.24, 2.45) is 0 Å². The summed E-state index contributed by atoms with van der Waals surface area (Å²) in [7, 11) is 0. The van der Waals surface area contributed by atoms with E-state index in [1.54, 1.807) is 0 Å². The van der Waals surface area contributed by atoms with Crippen molar-refractivity contribution in [2.75, 3.05) is 26.2 Å². The number of aliphatic carboxylic acids is 2. The number of para-hydroxylation sites is 1. The van der Waals surface area contributed by atoms with Crippen LogP contribution in [0.5, 0.6) is 5.75 Å². The van der Waals surface area contributed by atoms with E-state index < -0.39 is 11.9 Å². The molecule has 1 atom stereocenters. The highest BCUT2D eigenvalue weighted by molar-refractivity contribution is 6.27. The summed E-state index contributed by atoms with van der Waals surface area (Å²) in [5, 5.41) is 14.8. The third-order valence-electron chi connectivity index (χ3n) is 4.82. The Balaban J connectivity index is 0.000000527. The molecule has 1 aliphatic heterocycles. The zero-order valence-corrected chi connectivity index (χ0v) is 16.5. The van der Waals surface area contributed by atoms with E-state index in [0.717, 1.165) is 25.2 Å². The molecule has 0 saturated carbocycles. The first-order valence-electron chi connectivity index (χ1n) is 9.86. The lowest BCUT2D eigenvalue weighted by atomic mass is 9.98. The van der Waals surface area contributed by atoms with Crippen LogP contribution in [0.1, 0.15) is 63.9 Å². The smallest absolute Gasteiger partial charge is 0.414 e. The molecule has 0 radical (unpaired) electrons. The number of carboxylic acid groups (broad SMARTS) is 2. The minimum absolute atomic E-state index is 0.576. The number of nitrogens with zero attached hydrogens (tertiary/aromatic N) is 1. The van der Waals surface area contributed by atoms with Gasteiger partial charge in [0.2, 0.25) is 0 Å². The third kappa shape index (κ3) is 9.43. The van der Waals surface area contributed by atoms with Crippen molar-refractivity contribution >= 4 is 11.9 Å². The van der Waals surface area contributed by atoms with Crippen LogP contribution in [0.4, 0.5) is 0 Å². The second-order valence-corrected chi connectivity index (χ2v) is 6.92. The van der Waals surface area contributed by atoms with Gasteiger partial charge >= 0.3 is 11.9 Å². The highest BCUT2D eigenvalue weighted by Crippen LogP contribution is 2.28. The van der Waals surface area contributed by atoms with Gasteiger partial charge in [0.25, 0.3) is 0 Å². The second-order valence-electron chi connectivity index (χ2n) is 6.92. The van der Waals surface area contributed by atoms with Gasteiger partial charge in [-0.15, -0.1) is 0 Å². The molecule has 1 fully saturated rings. The Kier molecular flexibility index (Phi) is 11.2. The van der Waals surface area contributed by atoms with Crippen LogP contribution >= 0.6 is 0 Å². The van der Waals surface area contributed by atoms with Crippen molar-refractivity contribution in [1.82, 2.24) is 4.90 Å². The Hall–Kier alpha value is -2.08. The van der Waals surface area contributed by atoms with Gasteiger partial charge in [0.05, 0.1) is 6.61 Å². The van der Waals surface area contributed by atoms with Gasteiger partial charge in [-0.1, -0.05) is 44.9 Å². The SMILES string of the molecule is CCC(C)c1ccccc1OCCCN1CCCCCC1.O=C(O)C(=O)O. The first kappa shape index (κ1) is 23.0. The molecule has 0 spiro atoms. The van der Waals surface area contributed by atoms with Crippen molar-refractivity contribution in [3.05, 3.63) is 29.8 Å². The summed E-state index contributed by atoms with van der Waals surface area (Å²) < 4.78 is 6.06. The van der Waals surface area contributed by atoms with E-state index in [0.29, 0.717) is 5.92 Å². The number of benzene rings is 1. The van der Waals surface area contributed by atoms with Crippen molar-refractivity contribution in [1.29, 1.82) is 0 Å². The first-order valence-corrected chi connectivity index (χ1v) is 9.86. The predicted octanol–water partition coefficient (Wildman–Crippen LogP) is 4.00. The summed E-state index contributed by atoms with van der Waals surface area (Å²) in [5.41, 5.74) is 1.36. The summed E-state index contributed by atoms with van der Waals surface area (Å²) in [4.78, 5) is 20.8. The minimum atomic E-state index is -1.82. The normalized spacial score (nSPS) is 15.8. The zero-order chi connectivity index (χ0) is 20.1. The summed E-state index contributed by atoms with van der Waals surface area (Å²) in [6, 6.07) is 8.52. The van der Waals surface area contributed by atoms with Crippen LogP contribution in [0.25, 0.3) is 0 Å². The molecule has 1 aliphatic rings. The van der Waals surface area contributed by atoms with Crippen LogP contribution in [0.3, 0.4) is 0 Å². The summed E-state index contributed by atoms with van der Waals surface area (Å²) in [6.45, 7) is 9.10. The number of hydrogen-bond acceptors (Lipinski definition) is 4. The summed E-state index contributed by atoms with van der Waals surface area (Å²) in [6.07, 6.45) is 7.86. The maximum absolute atomic E-state index is 9.10. The molecule has 0 bridgehead atoms. The average Bonchev–Trinajstić information content (AvgIpc) is 2.94. The van der Waals surface area contributed by atoms with E-state index in [2.05, 4.69) is 43.0 Å². The van der Waals surface area contributed by atoms with Crippen LogP contribution < -0.4 is 4.74 Å². The molecule has 0 aromatic heterocycles. The molecule has 6 nitrogen and oxygen atoms in total. The molecular formula is C21H33NO5. The fraction of sp³-hybridized carbons (Fsp3) is 0.619. The molecule has 2 rings (SSSR count). The number of likely N-dealkylation sites (tertiary alicyclic amines) is 1. The van der Waals surface area contributed by atoms with Gasteiger partial charge in [-0.25, -0.2) is 9.59 Å². The van der Waals surface area contributed by atoms with Gasteiger partial charge < -0.3 is 19.8 Å². The maximum Gasteiger partial charge on any atom is 0.414 e. The Morgan fingerprint density at radius 2 is 1.67 bits per heavy atom. The lowest BCUT2D eigenvalue weighted by molar-refractivity contribution is -0.159. The highest BCUT2D eigenvalue weighted by atomic mass is 16.5. The lowest BCUT2D eigenvalue weighted by Gasteiger charge is -2.20. The van der Waals surface area contributed by atoms with E-state index in [1.807, 2.05) is 0 Å². The molecule has 1 aromatic rings. The molecule has 1 heterocycles. The predicted molar refractivity (Wildman–Crippen MR) is 105 cm³/mol. The van der Waals surface area contributed by atoms with E-state index in [1.165, 1.54) is 50.9 Å². The molecule has 152 valence electrons. The number of carboxylic acids is 2. The molecular weight excluding hydrogens is 346 g/mol. The zero-order valence-electron chi connectivity index (χ0n) is 16.5. The topological polar surface area (TPSA) is 87.1 Å². The van der Waals surface area contributed by atoms with E-state index in [-0.39, 0.29) is 0 Å². The van der Waals surface area contributed by atoms with Crippen molar-refractivity contribution in [3.8, 4) is 5.75 Å². The Bertz CT molecular complexity index is 555. The number of ether oxygens (including phenoxy) is 1. The summed E-state index contributed by atoms with van der Waals surface area (Å²) in [5.74, 6) is -1.99. The van der Waals surface area contributed by atoms with Crippen LogP contribution in [0.2, 0.25) is 0 Å². The largest absolute Gasteiger partial charge is 0.493 e. The number of hydrogen-bond donors (Lipinski definition) is 2. The fourth-order valence-corrected chi connectivity index (χ4v) is 3.07. The maximum atomic E-state index is 9.10. The third-order valence-corrected chi connectivity index (χ3v) is 4.82. The monoisotopic (exact) mass is 379 g/mol. The van der Waals surface area contributed by atoms with Gasteiger partial charge in [-0.3, -0.25) is 0 Å². The summed E-state index contributed by atoms with van der Waals surface area (Å²) >= 11 is 0. The number of rotatable bonds is 7. The molecule has 0 amide bonds. The second kappa shape index (κ2) is 13.1. The van der Waals surface area contributed by atoms with E-state index >= 15 is 0 Å². The van der Waals surface area contributed by atoms with Gasteiger partial charge in [0.15, 0.2) is 0 Å². The van der Waals surface area contributed by atoms with Gasteiger partial charge in [0.1, 0.15) is 5.75 Å². The Labute approximate surface area is 162 Å². The molecule has 0 aliphatic carbocycles. The van der Waals surface area contributed by atoms with Crippen LogP contribution in [-0.2, 0) is 9.59 Å².